The van der Waals surface area contributed by atoms with Gasteiger partial charge in [0, 0.05) is 25.2 Å². The maximum absolute atomic E-state index is 4.45. The maximum Gasteiger partial charge on any atom is 0.141 e. The van der Waals surface area contributed by atoms with Crippen molar-refractivity contribution in [3.63, 3.8) is 0 Å². The molecule has 1 aliphatic rings. The second-order valence-corrected chi connectivity index (χ2v) is 6.47. The molecule has 1 aromatic heterocycles. The molecule has 0 radical (unpaired) electrons. The largest absolute Gasteiger partial charge is 0.314 e. The minimum atomic E-state index is 0.383. The van der Waals surface area contributed by atoms with Crippen LogP contribution in [0.15, 0.2) is 6.33 Å². The van der Waals surface area contributed by atoms with Crippen LogP contribution in [0.2, 0.25) is 0 Å². The van der Waals surface area contributed by atoms with Crippen LogP contribution in [-0.4, -0.2) is 45.3 Å². The SMILES string of the molecule is CCCNC1CCN(Cc2ncnn2C(C)C)CC1CC. The van der Waals surface area contributed by atoms with Gasteiger partial charge in [-0.2, -0.15) is 5.10 Å². The van der Waals surface area contributed by atoms with Gasteiger partial charge >= 0.3 is 0 Å². The van der Waals surface area contributed by atoms with Gasteiger partial charge in [-0.15, -0.1) is 0 Å². The molecule has 0 aromatic carbocycles. The van der Waals surface area contributed by atoms with Crippen LogP contribution in [0.3, 0.4) is 0 Å². The van der Waals surface area contributed by atoms with Gasteiger partial charge < -0.3 is 5.32 Å². The summed E-state index contributed by atoms with van der Waals surface area (Å²) < 4.78 is 2.04. The number of rotatable bonds is 7. The Balaban J connectivity index is 1.92. The predicted molar refractivity (Wildman–Crippen MR) is 86.2 cm³/mol. The molecule has 5 nitrogen and oxygen atoms in total. The van der Waals surface area contributed by atoms with Crippen LogP contribution < -0.4 is 5.32 Å². The lowest BCUT2D eigenvalue weighted by molar-refractivity contribution is 0.124. The van der Waals surface area contributed by atoms with Gasteiger partial charge in [0.15, 0.2) is 0 Å². The third-order valence-corrected chi connectivity index (χ3v) is 4.50. The molecule has 1 fully saturated rings. The molecule has 0 spiro atoms. The summed E-state index contributed by atoms with van der Waals surface area (Å²) in [5, 5.41) is 8.06. The molecule has 0 saturated carbocycles. The van der Waals surface area contributed by atoms with Gasteiger partial charge in [0.2, 0.25) is 0 Å². The molecule has 2 rings (SSSR count). The highest BCUT2D eigenvalue weighted by Crippen LogP contribution is 2.22. The average Bonchev–Trinajstić information content (AvgIpc) is 2.94. The van der Waals surface area contributed by atoms with Crippen molar-refractivity contribution in [3.8, 4) is 0 Å². The molecular formula is C16H31N5. The summed E-state index contributed by atoms with van der Waals surface area (Å²) in [6.07, 6.45) is 5.39. The molecule has 2 unspecified atom stereocenters. The van der Waals surface area contributed by atoms with Crippen LogP contribution in [0.4, 0.5) is 0 Å². The molecule has 1 aromatic rings. The number of nitrogens with one attached hydrogen (secondary N) is 1. The Morgan fingerprint density at radius 2 is 2.19 bits per heavy atom. The topological polar surface area (TPSA) is 46.0 Å². The van der Waals surface area contributed by atoms with Crippen molar-refractivity contribution in [3.05, 3.63) is 12.2 Å². The van der Waals surface area contributed by atoms with E-state index in [-0.39, 0.29) is 0 Å². The number of hydrogen-bond donors (Lipinski definition) is 1. The first-order chi connectivity index (χ1) is 10.2. The monoisotopic (exact) mass is 293 g/mol. The first kappa shape index (κ1) is 16.4. The predicted octanol–water partition coefficient (Wildman–Crippen LogP) is 2.46. The lowest BCUT2D eigenvalue weighted by atomic mass is 9.90. The first-order valence-corrected chi connectivity index (χ1v) is 8.49. The van der Waals surface area contributed by atoms with Crippen molar-refractivity contribution in [2.75, 3.05) is 19.6 Å². The van der Waals surface area contributed by atoms with Crippen molar-refractivity contribution < 1.29 is 0 Å². The zero-order valence-electron chi connectivity index (χ0n) is 14.0. The third kappa shape index (κ3) is 4.27. The van der Waals surface area contributed by atoms with Gasteiger partial charge in [-0.05, 0) is 39.2 Å². The van der Waals surface area contributed by atoms with Crippen LogP contribution >= 0.6 is 0 Å². The van der Waals surface area contributed by atoms with Crippen LogP contribution in [0.5, 0.6) is 0 Å². The zero-order chi connectivity index (χ0) is 15.2. The quantitative estimate of drug-likeness (QED) is 0.839. The summed E-state index contributed by atoms with van der Waals surface area (Å²) in [5.74, 6) is 1.85. The fraction of sp³-hybridized carbons (Fsp3) is 0.875. The highest BCUT2D eigenvalue weighted by Gasteiger charge is 2.28. The molecule has 21 heavy (non-hydrogen) atoms. The average molecular weight is 293 g/mol. The van der Waals surface area contributed by atoms with E-state index in [1.807, 2.05) is 4.68 Å². The Kier molecular flexibility index (Phi) is 6.18. The van der Waals surface area contributed by atoms with Crippen LogP contribution in [0.25, 0.3) is 0 Å². The zero-order valence-corrected chi connectivity index (χ0v) is 14.0. The number of hydrogen-bond acceptors (Lipinski definition) is 4. The van der Waals surface area contributed by atoms with Gasteiger partial charge in [-0.25, -0.2) is 9.67 Å². The van der Waals surface area contributed by atoms with E-state index in [9.17, 15) is 0 Å². The van der Waals surface area contributed by atoms with Gasteiger partial charge in [0.05, 0.1) is 6.54 Å². The third-order valence-electron chi connectivity index (χ3n) is 4.50. The Hall–Kier alpha value is -0.940. The Labute approximate surface area is 129 Å². The van der Waals surface area contributed by atoms with E-state index >= 15 is 0 Å². The van der Waals surface area contributed by atoms with Gasteiger partial charge in [-0.3, -0.25) is 4.90 Å². The molecule has 0 bridgehead atoms. The van der Waals surface area contributed by atoms with E-state index in [0.29, 0.717) is 12.1 Å². The molecule has 2 heterocycles. The number of likely N-dealkylation sites (tertiary alicyclic amines) is 1. The molecular weight excluding hydrogens is 262 g/mol. The maximum atomic E-state index is 4.45. The standard InChI is InChI=1S/C16H31N5/c1-5-8-17-15-7-9-20(10-14(15)6-2)11-16-18-12-19-21(16)13(3)4/h12-15,17H,5-11H2,1-4H3. The van der Waals surface area contributed by atoms with E-state index in [2.05, 4.69) is 48.0 Å². The van der Waals surface area contributed by atoms with Crippen molar-refractivity contribution in [2.24, 2.45) is 5.92 Å². The molecule has 1 aliphatic heterocycles. The van der Waals surface area contributed by atoms with E-state index in [4.69, 9.17) is 0 Å². The summed E-state index contributed by atoms with van der Waals surface area (Å²) in [4.78, 5) is 6.99. The lowest BCUT2D eigenvalue weighted by Gasteiger charge is -2.38. The smallest absolute Gasteiger partial charge is 0.141 e. The van der Waals surface area contributed by atoms with Gasteiger partial charge in [0.25, 0.3) is 0 Å². The highest BCUT2D eigenvalue weighted by molar-refractivity contribution is 4.91. The summed E-state index contributed by atoms with van der Waals surface area (Å²) in [6, 6.07) is 1.07. The number of nitrogens with zero attached hydrogens (tertiary/aromatic N) is 4. The lowest BCUT2D eigenvalue weighted by Crippen LogP contribution is -2.49. The van der Waals surface area contributed by atoms with Crippen LogP contribution in [-0.2, 0) is 6.54 Å². The van der Waals surface area contributed by atoms with Crippen LogP contribution in [0, 0.1) is 5.92 Å². The van der Waals surface area contributed by atoms with E-state index < -0.39 is 0 Å². The molecule has 5 heteroatoms. The Morgan fingerprint density at radius 1 is 1.38 bits per heavy atom. The summed E-state index contributed by atoms with van der Waals surface area (Å²) in [5.41, 5.74) is 0. The summed E-state index contributed by atoms with van der Waals surface area (Å²) in [7, 11) is 0. The summed E-state index contributed by atoms with van der Waals surface area (Å²) in [6.45, 7) is 13.3. The minimum absolute atomic E-state index is 0.383. The minimum Gasteiger partial charge on any atom is -0.314 e. The van der Waals surface area contributed by atoms with Crippen molar-refractivity contribution >= 4 is 0 Å². The Bertz CT molecular complexity index is 415. The van der Waals surface area contributed by atoms with Crippen molar-refractivity contribution in [2.45, 2.75) is 65.6 Å². The van der Waals surface area contributed by atoms with Crippen molar-refractivity contribution in [1.82, 2.24) is 25.0 Å². The van der Waals surface area contributed by atoms with E-state index in [1.54, 1.807) is 6.33 Å². The molecule has 0 aliphatic carbocycles. The second-order valence-electron chi connectivity index (χ2n) is 6.47. The van der Waals surface area contributed by atoms with Crippen LogP contribution in [0.1, 0.15) is 58.8 Å². The van der Waals surface area contributed by atoms with E-state index in [0.717, 1.165) is 31.4 Å². The molecule has 2 atom stereocenters. The highest BCUT2D eigenvalue weighted by atomic mass is 15.4. The fourth-order valence-electron chi connectivity index (χ4n) is 3.28. The number of aromatic nitrogens is 3. The molecule has 1 N–H and O–H groups in total. The molecule has 1 saturated heterocycles. The number of piperidine rings is 1. The normalized spacial score (nSPS) is 23.9. The van der Waals surface area contributed by atoms with Crippen molar-refractivity contribution in [1.29, 1.82) is 0 Å². The molecule has 0 amide bonds. The molecule has 120 valence electrons. The van der Waals surface area contributed by atoms with Gasteiger partial charge in [-0.1, -0.05) is 20.3 Å². The second kappa shape index (κ2) is 7.90. The summed E-state index contributed by atoms with van der Waals surface area (Å²) >= 11 is 0. The fourth-order valence-corrected chi connectivity index (χ4v) is 3.28. The first-order valence-electron chi connectivity index (χ1n) is 8.49. The van der Waals surface area contributed by atoms with Gasteiger partial charge in [0.1, 0.15) is 12.2 Å². The Morgan fingerprint density at radius 3 is 2.86 bits per heavy atom. The van der Waals surface area contributed by atoms with E-state index in [1.165, 1.54) is 25.8 Å².